The molecule has 6 heteroatoms. The first-order chi connectivity index (χ1) is 8.97. The molecule has 0 aromatic heterocycles. The lowest BCUT2D eigenvalue weighted by atomic mass is 9.93. The van der Waals surface area contributed by atoms with Gasteiger partial charge >= 0.3 is 12.0 Å². The first-order valence-electron chi connectivity index (χ1n) is 6.43. The van der Waals surface area contributed by atoms with E-state index in [1.54, 1.807) is 0 Å². The largest absolute Gasteiger partial charge is 0.461 e. The Morgan fingerprint density at radius 3 is 2.68 bits per heavy atom. The Balaban J connectivity index is 3.94. The van der Waals surface area contributed by atoms with Crippen LogP contribution in [0.1, 0.15) is 33.1 Å². The minimum atomic E-state index is -0.491. The number of hydrogen-bond donors (Lipinski definition) is 3. The van der Waals surface area contributed by atoms with Crippen molar-refractivity contribution in [2.45, 2.75) is 38.6 Å². The normalized spacial score (nSPS) is 13.2. The summed E-state index contributed by atoms with van der Waals surface area (Å²) in [4.78, 5) is 22.5. The molecule has 2 N–H and O–H groups in total. The highest BCUT2D eigenvalue weighted by atomic mass is 32.1. The SMILES string of the molecule is C=CC(=O)OCCNC(=O)NC(C)(CC)CCCS. The highest BCUT2D eigenvalue weighted by Crippen LogP contribution is 2.16. The zero-order valence-corrected chi connectivity index (χ0v) is 12.6. The molecule has 0 aliphatic carbocycles. The topological polar surface area (TPSA) is 67.4 Å². The third-order valence-electron chi connectivity index (χ3n) is 2.88. The lowest BCUT2D eigenvalue weighted by Gasteiger charge is -2.29. The quantitative estimate of drug-likeness (QED) is 0.263. The second-order valence-electron chi connectivity index (χ2n) is 4.49. The molecule has 1 unspecified atom stereocenters. The second-order valence-corrected chi connectivity index (χ2v) is 4.94. The number of hydrogen-bond acceptors (Lipinski definition) is 4. The summed E-state index contributed by atoms with van der Waals surface area (Å²) < 4.78 is 4.75. The molecule has 0 spiro atoms. The number of thiol groups is 1. The van der Waals surface area contributed by atoms with Gasteiger partial charge in [-0.3, -0.25) is 0 Å². The number of nitrogens with one attached hydrogen (secondary N) is 2. The van der Waals surface area contributed by atoms with Crippen LogP contribution in [0.4, 0.5) is 4.79 Å². The number of carbonyl (C=O) groups excluding carboxylic acids is 2. The summed E-state index contributed by atoms with van der Waals surface area (Å²) in [7, 11) is 0. The maximum absolute atomic E-state index is 11.7. The average molecular weight is 288 g/mol. The molecule has 0 heterocycles. The van der Waals surface area contributed by atoms with Gasteiger partial charge < -0.3 is 15.4 Å². The Hall–Kier alpha value is -1.17. The Labute approximate surface area is 120 Å². The van der Waals surface area contributed by atoms with E-state index in [1.807, 2.05) is 13.8 Å². The van der Waals surface area contributed by atoms with Crippen molar-refractivity contribution in [2.75, 3.05) is 18.9 Å². The van der Waals surface area contributed by atoms with E-state index < -0.39 is 5.97 Å². The van der Waals surface area contributed by atoms with Gasteiger partial charge in [-0.2, -0.15) is 12.6 Å². The van der Waals surface area contributed by atoms with E-state index >= 15 is 0 Å². The Morgan fingerprint density at radius 1 is 1.47 bits per heavy atom. The van der Waals surface area contributed by atoms with Crippen molar-refractivity contribution in [3.05, 3.63) is 12.7 Å². The molecule has 0 aliphatic rings. The Bertz CT molecular complexity index is 310. The zero-order chi connectivity index (χ0) is 14.7. The Morgan fingerprint density at radius 2 is 2.16 bits per heavy atom. The van der Waals surface area contributed by atoms with Crippen LogP contribution in [0.5, 0.6) is 0 Å². The molecular weight excluding hydrogens is 264 g/mol. The van der Waals surface area contributed by atoms with Gasteiger partial charge in [0, 0.05) is 11.6 Å². The van der Waals surface area contributed by atoms with Gasteiger partial charge in [0.05, 0.1) is 6.54 Å². The van der Waals surface area contributed by atoms with E-state index in [0.717, 1.165) is 31.1 Å². The number of ether oxygens (including phenoxy) is 1. The third kappa shape index (κ3) is 8.53. The molecule has 0 bridgehead atoms. The molecule has 0 aliphatic heterocycles. The number of urea groups is 1. The summed E-state index contributed by atoms with van der Waals surface area (Å²) in [5.74, 6) is 0.311. The molecular formula is C13H24N2O3S. The summed E-state index contributed by atoms with van der Waals surface area (Å²) in [6.45, 7) is 7.73. The predicted molar refractivity (Wildman–Crippen MR) is 79.5 cm³/mol. The molecule has 5 nitrogen and oxygen atoms in total. The van der Waals surface area contributed by atoms with Crippen molar-refractivity contribution < 1.29 is 14.3 Å². The van der Waals surface area contributed by atoms with Gasteiger partial charge in [-0.25, -0.2) is 9.59 Å². The summed E-state index contributed by atoms with van der Waals surface area (Å²) in [5, 5.41) is 5.58. The second kappa shape index (κ2) is 9.72. The first kappa shape index (κ1) is 17.8. The fourth-order valence-corrected chi connectivity index (χ4v) is 1.65. The lowest BCUT2D eigenvalue weighted by molar-refractivity contribution is -0.137. The highest BCUT2D eigenvalue weighted by molar-refractivity contribution is 7.80. The average Bonchev–Trinajstić information content (AvgIpc) is 2.41. The van der Waals surface area contributed by atoms with Gasteiger partial charge in [0.2, 0.25) is 0 Å². The molecule has 0 saturated carbocycles. The van der Waals surface area contributed by atoms with Gasteiger partial charge in [-0.15, -0.1) is 0 Å². The lowest BCUT2D eigenvalue weighted by Crippen LogP contribution is -2.50. The fraction of sp³-hybridized carbons (Fsp3) is 0.692. The maximum atomic E-state index is 11.7. The van der Waals surface area contributed by atoms with Gasteiger partial charge in [0.15, 0.2) is 0 Å². The van der Waals surface area contributed by atoms with Crippen molar-refractivity contribution in [1.29, 1.82) is 0 Å². The van der Waals surface area contributed by atoms with Crippen LogP contribution in [0.3, 0.4) is 0 Å². The van der Waals surface area contributed by atoms with Gasteiger partial charge in [0.25, 0.3) is 0 Å². The van der Waals surface area contributed by atoms with Crippen molar-refractivity contribution in [2.24, 2.45) is 0 Å². The van der Waals surface area contributed by atoms with Gasteiger partial charge in [-0.1, -0.05) is 13.5 Å². The monoisotopic (exact) mass is 288 g/mol. The van der Waals surface area contributed by atoms with Crippen LogP contribution in [0.15, 0.2) is 12.7 Å². The molecule has 110 valence electrons. The molecule has 1 atom stereocenters. The maximum Gasteiger partial charge on any atom is 0.330 e. The van der Waals surface area contributed by atoms with E-state index in [-0.39, 0.29) is 24.7 Å². The number of amides is 2. The fourth-order valence-electron chi connectivity index (χ4n) is 1.49. The predicted octanol–water partition coefficient (Wildman–Crippen LogP) is 1.89. The van der Waals surface area contributed by atoms with Crippen LogP contribution in [0.2, 0.25) is 0 Å². The smallest absolute Gasteiger partial charge is 0.330 e. The summed E-state index contributed by atoms with van der Waals surface area (Å²) >= 11 is 4.17. The number of carbonyl (C=O) groups is 2. The molecule has 0 saturated heterocycles. The summed E-state index contributed by atoms with van der Waals surface area (Å²) in [6.07, 6.45) is 3.77. The minimum Gasteiger partial charge on any atom is -0.461 e. The van der Waals surface area contributed by atoms with Crippen LogP contribution in [0.25, 0.3) is 0 Å². The minimum absolute atomic E-state index is 0.137. The molecule has 2 amide bonds. The third-order valence-corrected chi connectivity index (χ3v) is 3.20. The van der Waals surface area contributed by atoms with Gasteiger partial charge in [-0.05, 0) is 31.9 Å². The number of esters is 1. The van der Waals surface area contributed by atoms with E-state index in [1.165, 1.54) is 0 Å². The van der Waals surface area contributed by atoms with E-state index in [9.17, 15) is 9.59 Å². The Kier molecular flexibility index (Phi) is 9.12. The summed E-state index contributed by atoms with van der Waals surface area (Å²) in [6, 6.07) is -0.252. The van der Waals surface area contributed by atoms with Crippen molar-refractivity contribution in [1.82, 2.24) is 10.6 Å². The highest BCUT2D eigenvalue weighted by Gasteiger charge is 2.23. The van der Waals surface area contributed by atoms with E-state index in [2.05, 4.69) is 29.8 Å². The van der Waals surface area contributed by atoms with Crippen LogP contribution in [-0.4, -0.2) is 36.4 Å². The summed E-state index contributed by atoms with van der Waals surface area (Å²) in [5.41, 5.74) is -0.232. The molecule has 0 rings (SSSR count). The molecule has 0 aromatic carbocycles. The van der Waals surface area contributed by atoms with Crippen LogP contribution in [0, 0.1) is 0 Å². The molecule has 0 aromatic rings. The first-order valence-corrected chi connectivity index (χ1v) is 7.06. The zero-order valence-electron chi connectivity index (χ0n) is 11.7. The van der Waals surface area contributed by atoms with Crippen molar-refractivity contribution in [3.63, 3.8) is 0 Å². The van der Waals surface area contributed by atoms with Crippen molar-refractivity contribution in [3.8, 4) is 0 Å². The van der Waals surface area contributed by atoms with Crippen molar-refractivity contribution >= 4 is 24.6 Å². The van der Waals surface area contributed by atoms with Crippen LogP contribution < -0.4 is 10.6 Å². The molecule has 19 heavy (non-hydrogen) atoms. The van der Waals surface area contributed by atoms with Gasteiger partial charge in [0.1, 0.15) is 6.61 Å². The molecule has 0 fully saturated rings. The van der Waals surface area contributed by atoms with E-state index in [4.69, 9.17) is 4.74 Å². The van der Waals surface area contributed by atoms with Crippen LogP contribution in [-0.2, 0) is 9.53 Å². The van der Waals surface area contributed by atoms with E-state index in [0.29, 0.717) is 0 Å². The standard InChI is InChI=1S/C13H24N2O3S/c1-4-11(16)18-9-8-14-12(17)15-13(3,5-2)7-6-10-19/h4,19H,1,5-10H2,2-3H3,(H2,14,15,17). The molecule has 0 radical (unpaired) electrons. The number of rotatable bonds is 9. The van der Waals surface area contributed by atoms with Crippen LogP contribution >= 0.6 is 12.6 Å².